The monoisotopic (exact) mass is 277 g/mol. The topological polar surface area (TPSA) is 50.2 Å². The Morgan fingerprint density at radius 2 is 1.89 bits per heavy atom. The predicted molar refractivity (Wildman–Crippen MR) is 80.8 cm³/mol. The van der Waals surface area contributed by atoms with E-state index in [1.807, 2.05) is 18.2 Å². The fourth-order valence-electron chi connectivity index (χ4n) is 2.40. The first-order valence-electron chi connectivity index (χ1n) is 6.43. The Morgan fingerprint density at radius 3 is 2.42 bits per heavy atom. The third kappa shape index (κ3) is 2.72. The van der Waals surface area contributed by atoms with Gasteiger partial charge in [0.05, 0.1) is 17.8 Å². The fourth-order valence-corrected chi connectivity index (χ4v) is 4.13. The molecule has 1 aromatic heterocycles. The van der Waals surface area contributed by atoms with Crippen molar-refractivity contribution in [3.63, 3.8) is 0 Å². The molecule has 2 rings (SSSR count). The van der Waals surface area contributed by atoms with Gasteiger partial charge < -0.3 is 9.67 Å². The van der Waals surface area contributed by atoms with Crippen molar-refractivity contribution < 1.29 is 9.67 Å². The van der Waals surface area contributed by atoms with E-state index in [4.69, 9.17) is 5.11 Å². The van der Waals surface area contributed by atoms with Crippen molar-refractivity contribution in [3.05, 3.63) is 35.5 Å². The standard InChI is InChI=1S/C15H20NO2P/c1-10(2)12-7-8-14-13(15(12)19(3,4)18)6-5-11(9-17)16-14/h5-8,10,17H,9H2,1-4H3. The van der Waals surface area contributed by atoms with Gasteiger partial charge in [-0.1, -0.05) is 26.0 Å². The van der Waals surface area contributed by atoms with E-state index in [1.165, 1.54) is 0 Å². The second kappa shape index (κ2) is 5.07. The summed E-state index contributed by atoms with van der Waals surface area (Å²) in [6, 6.07) is 7.68. The molecule has 0 radical (unpaired) electrons. The number of hydrogen-bond acceptors (Lipinski definition) is 3. The van der Waals surface area contributed by atoms with Crippen LogP contribution in [0.3, 0.4) is 0 Å². The number of rotatable bonds is 3. The van der Waals surface area contributed by atoms with E-state index < -0.39 is 7.14 Å². The van der Waals surface area contributed by atoms with Crippen LogP contribution in [-0.4, -0.2) is 23.4 Å². The zero-order chi connectivity index (χ0) is 14.2. The molecule has 1 heterocycles. The van der Waals surface area contributed by atoms with Crippen LogP contribution in [0.15, 0.2) is 24.3 Å². The fraction of sp³-hybridized carbons (Fsp3) is 0.400. The Labute approximate surface area is 114 Å². The lowest BCUT2D eigenvalue weighted by Crippen LogP contribution is -2.14. The second-order valence-electron chi connectivity index (χ2n) is 5.54. The third-order valence-corrected chi connectivity index (χ3v) is 4.83. The molecule has 0 amide bonds. The molecular weight excluding hydrogens is 257 g/mol. The summed E-state index contributed by atoms with van der Waals surface area (Å²) in [5, 5.41) is 11.0. The van der Waals surface area contributed by atoms with E-state index in [0.717, 1.165) is 21.8 Å². The molecule has 0 aliphatic carbocycles. The van der Waals surface area contributed by atoms with Gasteiger partial charge in [0.2, 0.25) is 0 Å². The first kappa shape index (κ1) is 14.2. The summed E-state index contributed by atoms with van der Waals surface area (Å²) in [4.78, 5) is 4.40. The minimum absolute atomic E-state index is 0.0763. The van der Waals surface area contributed by atoms with Crippen LogP contribution in [0, 0.1) is 0 Å². The lowest BCUT2D eigenvalue weighted by Gasteiger charge is -2.19. The van der Waals surface area contributed by atoms with Gasteiger partial charge >= 0.3 is 0 Å². The molecule has 0 aliphatic heterocycles. The van der Waals surface area contributed by atoms with Crippen LogP contribution >= 0.6 is 7.14 Å². The summed E-state index contributed by atoms with van der Waals surface area (Å²) in [6.45, 7) is 7.74. The highest BCUT2D eigenvalue weighted by molar-refractivity contribution is 7.70. The van der Waals surface area contributed by atoms with Gasteiger partial charge in [0.15, 0.2) is 0 Å². The summed E-state index contributed by atoms with van der Waals surface area (Å²) in [5.41, 5.74) is 2.56. The van der Waals surface area contributed by atoms with Crippen LogP contribution in [0.5, 0.6) is 0 Å². The van der Waals surface area contributed by atoms with Gasteiger partial charge in [-0.2, -0.15) is 0 Å². The molecule has 1 aromatic carbocycles. The second-order valence-corrected chi connectivity index (χ2v) is 8.69. The van der Waals surface area contributed by atoms with Gasteiger partial charge in [-0.25, -0.2) is 0 Å². The van der Waals surface area contributed by atoms with Crippen LogP contribution in [0.1, 0.15) is 31.0 Å². The summed E-state index contributed by atoms with van der Waals surface area (Å²) in [7, 11) is -2.38. The summed E-state index contributed by atoms with van der Waals surface area (Å²) in [6.07, 6.45) is 0. The van der Waals surface area contributed by atoms with Crippen molar-refractivity contribution in [2.75, 3.05) is 13.3 Å². The normalized spacial score (nSPS) is 12.3. The molecule has 0 unspecified atom stereocenters. The summed E-state index contributed by atoms with van der Waals surface area (Å²) in [5.74, 6) is 0.324. The molecule has 0 atom stereocenters. The SMILES string of the molecule is CC(C)c1ccc2nc(CO)ccc2c1P(C)(C)=O. The van der Waals surface area contributed by atoms with Crippen molar-refractivity contribution in [1.82, 2.24) is 4.98 Å². The van der Waals surface area contributed by atoms with Crippen molar-refractivity contribution in [1.29, 1.82) is 0 Å². The Hall–Kier alpha value is -1.18. The average Bonchev–Trinajstić information content (AvgIpc) is 2.35. The molecule has 3 nitrogen and oxygen atoms in total. The minimum Gasteiger partial charge on any atom is -0.390 e. The number of aliphatic hydroxyl groups is 1. The Kier molecular flexibility index (Phi) is 3.80. The number of benzene rings is 1. The molecule has 0 saturated heterocycles. The molecule has 0 bridgehead atoms. The first-order valence-corrected chi connectivity index (χ1v) is 9.03. The number of nitrogens with zero attached hydrogens (tertiary/aromatic N) is 1. The first-order chi connectivity index (χ1) is 8.84. The Bertz CT molecular complexity index is 658. The molecule has 2 aromatic rings. The highest BCUT2D eigenvalue weighted by atomic mass is 31.2. The number of fused-ring (bicyclic) bond motifs is 1. The number of aliphatic hydroxyl groups excluding tert-OH is 1. The zero-order valence-corrected chi connectivity index (χ0v) is 12.7. The largest absolute Gasteiger partial charge is 0.390 e. The van der Waals surface area contributed by atoms with Gasteiger partial charge in [-0.3, -0.25) is 4.98 Å². The van der Waals surface area contributed by atoms with Gasteiger partial charge in [-0.15, -0.1) is 0 Å². The Morgan fingerprint density at radius 1 is 1.21 bits per heavy atom. The number of hydrogen-bond donors (Lipinski definition) is 1. The van der Waals surface area contributed by atoms with Gasteiger partial charge in [0.25, 0.3) is 0 Å². The van der Waals surface area contributed by atoms with Gasteiger partial charge in [-0.05, 0) is 36.9 Å². The quantitative estimate of drug-likeness (QED) is 0.877. The van der Waals surface area contributed by atoms with Gasteiger partial charge in [0.1, 0.15) is 7.14 Å². The molecule has 19 heavy (non-hydrogen) atoms. The van der Waals surface area contributed by atoms with Crippen LogP contribution in [-0.2, 0) is 11.2 Å². The highest BCUT2D eigenvalue weighted by Gasteiger charge is 2.21. The van der Waals surface area contributed by atoms with Crippen molar-refractivity contribution in [2.45, 2.75) is 26.4 Å². The van der Waals surface area contributed by atoms with Crippen molar-refractivity contribution >= 4 is 23.3 Å². The molecule has 0 saturated carbocycles. The highest BCUT2D eigenvalue weighted by Crippen LogP contribution is 2.40. The van der Waals surface area contributed by atoms with Crippen molar-refractivity contribution in [2.24, 2.45) is 0 Å². The molecule has 102 valence electrons. The maximum atomic E-state index is 12.6. The van der Waals surface area contributed by atoms with E-state index in [1.54, 1.807) is 19.4 Å². The molecule has 4 heteroatoms. The average molecular weight is 277 g/mol. The molecule has 0 fully saturated rings. The van der Waals surface area contributed by atoms with Crippen LogP contribution in [0.4, 0.5) is 0 Å². The van der Waals surface area contributed by atoms with Crippen molar-refractivity contribution in [3.8, 4) is 0 Å². The van der Waals surface area contributed by atoms with Crippen LogP contribution < -0.4 is 5.30 Å². The van der Waals surface area contributed by atoms with Crippen LogP contribution in [0.2, 0.25) is 0 Å². The van der Waals surface area contributed by atoms with E-state index >= 15 is 0 Å². The van der Waals surface area contributed by atoms with E-state index in [0.29, 0.717) is 11.6 Å². The van der Waals surface area contributed by atoms with E-state index in [9.17, 15) is 4.57 Å². The molecular formula is C15H20NO2P. The molecule has 1 N–H and O–H groups in total. The molecule has 0 aliphatic rings. The Balaban J connectivity index is 2.84. The zero-order valence-electron chi connectivity index (χ0n) is 11.8. The summed E-state index contributed by atoms with van der Waals surface area (Å²) >= 11 is 0. The lowest BCUT2D eigenvalue weighted by molar-refractivity contribution is 0.277. The number of aromatic nitrogens is 1. The number of pyridine rings is 1. The van der Waals surface area contributed by atoms with E-state index in [-0.39, 0.29) is 6.61 Å². The minimum atomic E-state index is -2.38. The van der Waals surface area contributed by atoms with Gasteiger partial charge in [0, 0.05) is 10.7 Å². The smallest absolute Gasteiger partial charge is 0.110 e. The van der Waals surface area contributed by atoms with E-state index in [2.05, 4.69) is 18.8 Å². The summed E-state index contributed by atoms with van der Waals surface area (Å²) < 4.78 is 12.6. The third-order valence-electron chi connectivity index (χ3n) is 3.25. The molecule has 0 spiro atoms. The maximum absolute atomic E-state index is 12.6. The maximum Gasteiger partial charge on any atom is 0.110 e. The lowest BCUT2D eigenvalue weighted by atomic mass is 10.0. The van der Waals surface area contributed by atoms with Crippen LogP contribution in [0.25, 0.3) is 10.9 Å². The predicted octanol–water partition coefficient (Wildman–Crippen LogP) is 3.10.